The zero-order valence-corrected chi connectivity index (χ0v) is 12.1. The molecule has 104 valence electrons. The van der Waals surface area contributed by atoms with Gasteiger partial charge < -0.3 is 10.6 Å². The lowest BCUT2D eigenvalue weighted by molar-refractivity contribution is 0.0798. The van der Waals surface area contributed by atoms with E-state index in [1.54, 1.807) is 0 Å². The van der Waals surface area contributed by atoms with E-state index in [1.165, 1.54) is 29.0 Å². The van der Waals surface area contributed by atoms with Crippen LogP contribution in [0.25, 0.3) is 10.2 Å². The standard InChI is InChI=1S/C15H17N3OS/c16-12-10-8-9-4-3-5-11(9)17-14(10)20-13(12)15(19)18-6-1-2-7-18/h8H,1-7,16H2. The number of pyridine rings is 1. The Labute approximate surface area is 121 Å². The second-order valence-electron chi connectivity index (χ2n) is 5.64. The molecule has 2 aromatic heterocycles. The van der Waals surface area contributed by atoms with Crippen LogP contribution in [0.5, 0.6) is 0 Å². The second-order valence-corrected chi connectivity index (χ2v) is 6.64. The van der Waals surface area contributed by atoms with Crippen molar-refractivity contribution in [2.24, 2.45) is 0 Å². The first kappa shape index (κ1) is 12.1. The molecule has 2 N–H and O–H groups in total. The van der Waals surface area contributed by atoms with Crippen LogP contribution in [0.2, 0.25) is 0 Å². The minimum absolute atomic E-state index is 0.0863. The van der Waals surface area contributed by atoms with Crippen molar-refractivity contribution in [1.82, 2.24) is 9.88 Å². The highest BCUT2D eigenvalue weighted by atomic mass is 32.1. The van der Waals surface area contributed by atoms with Gasteiger partial charge in [0.15, 0.2) is 0 Å². The lowest BCUT2D eigenvalue weighted by Crippen LogP contribution is -2.27. The van der Waals surface area contributed by atoms with Crippen molar-refractivity contribution in [3.05, 3.63) is 22.2 Å². The number of hydrogen-bond donors (Lipinski definition) is 1. The number of rotatable bonds is 1. The van der Waals surface area contributed by atoms with E-state index in [2.05, 4.69) is 6.07 Å². The molecule has 0 bridgehead atoms. The lowest BCUT2D eigenvalue weighted by atomic mass is 10.1. The predicted molar refractivity (Wildman–Crippen MR) is 81.2 cm³/mol. The number of nitrogens with two attached hydrogens (primary N) is 1. The van der Waals surface area contributed by atoms with Crippen molar-refractivity contribution in [3.8, 4) is 0 Å². The van der Waals surface area contributed by atoms with E-state index in [0.29, 0.717) is 10.6 Å². The third-order valence-corrected chi connectivity index (χ3v) is 5.44. The molecule has 4 rings (SSSR count). The summed E-state index contributed by atoms with van der Waals surface area (Å²) in [6.45, 7) is 1.72. The van der Waals surface area contributed by atoms with Gasteiger partial charge in [-0.25, -0.2) is 4.98 Å². The maximum Gasteiger partial charge on any atom is 0.266 e. The Balaban J connectivity index is 1.81. The molecule has 1 aliphatic heterocycles. The predicted octanol–water partition coefficient (Wildman–Crippen LogP) is 2.60. The SMILES string of the molecule is Nc1c(C(=O)N2CCCC2)sc2nc3c(cc12)CCC3. The molecule has 3 heterocycles. The van der Waals surface area contributed by atoms with Crippen molar-refractivity contribution in [2.75, 3.05) is 18.8 Å². The number of likely N-dealkylation sites (tertiary alicyclic amines) is 1. The zero-order chi connectivity index (χ0) is 13.7. The molecule has 4 nitrogen and oxygen atoms in total. The summed E-state index contributed by atoms with van der Waals surface area (Å²) in [5, 5.41) is 0.971. The molecule has 2 aromatic rings. The van der Waals surface area contributed by atoms with Gasteiger partial charge in [-0.1, -0.05) is 0 Å². The van der Waals surface area contributed by atoms with Crippen LogP contribution in [0, 0.1) is 0 Å². The number of amides is 1. The van der Waals surface area contributed by atoms with E-state index in [9.17, 15) is 4.79 Å². The molecule has 1 fully saturated rings. The summed E-state index contributed by atoms with van der Waals surface area (Å²) in [6, 6.07) is 2.15. The normalized spacial score (nSPS) is 17.9. The van der Waals surface area contributed by atoms with E-state index >= 15 is 0 Å². The number of aromatic nitrogens is 1. The van der Waals surface area contributed by atoms with Crippen molar-refractivity contribution in [2.45, 2.75) is 32.1 Å². The van der Waals surface area contributed by atoms with Crippen LogP contribution in [0.1, 0.15) is 40.2 Å². The van der Waals surface area contributed by atoms with Crippen molar-refractivity contribution >= 4 is 33.1 Å². The maximum atomic E-state index is 12.5. The molecule has 20 heavy (non-hydrogen) atoms. The van der Waals surface area contributed by atoms with E-state index in [-0.39, 0.29) is 5.91 Å². The monoisotopic (exact) mass is 287 g/mol. The van der Waals surface area contributed by atoms with E-state index < -0.39 is 0 Å². The number of fused-ring (bicyclic) bond motifs is 2. The highest BCUT2D eigenvalue weighted by molar-refractivity contribution is 7.21. The van der Waals surface area contributed by atoms with Gasteiger partial charge in [0.25, 0.3) is 5.91 Å². The van der Waals surface area contributed by atoms with Gasteiger partial charge in [-0.2, -0.15) is 0 Å². The van der Waals surface area contributed by atoms with Crippen molar-refractivity contribution in [3.63, 3.8) is 0 Å². The maximum absolute atomic E-state index is 12.5. The molecule has 0 aromatic carbocycles. The molecule has 0 saturated carbocycles. The smallest absolute Gasteiger partial charge is 0.266 e. The van der Waals surface area contributed by atoms with Crippen LogP contribution in [-0.4, -0.2) is 28.9 Å². The highest BCUT2D eigenvalue weighted by Crippen LogP contribution is 2.36. The molecule has 0 radical (unpaired) electrons. The number of nitrogen functional groups attached to an aromatic ring is 1. The molecule has 1 saturated heterocycles. The van der Waals surface area contributed by atoms with E-state index in [1.807, 2.05) is 4.90 Å². The summed E-state index contributed by atoms with van der Waals surface area (Å²) >= 11 is 1.46. The minimum atomic E-state index is 0.0863. The number of aryl methyl sites for hydroxylation is 2. The second kappa shape index (κ2) is 4.45. The number of carbonyl (C=O) groups excluding carboxylic acids is 1. The molecule has 1 aliphatic carbocycles. The Bertz CT molecular complexity index is 701. The summed E-state index contributed by atoms with van der Waals surface area (Å²) < 4.78 is 0. The molecule has 0 unspecified atom stereocenters. The summed E-state index contributed by atoms with van der Waals surface area (Å²) in [5.74, 6) is 0.0863. The first-order valence-corrected chi connectivity index (χ1v) is 8.06. The van der Waals surface area contributed by atoms with Crippen LogP contribution in [0.4, 0.5) is 5.69 Å². The van der Waals surface area contributed by atoms with Crippen LogP contribution in [0.15, 0.2) is 6.07 Å². The van der Waals surface area contributed by atoms with Gasteiger partial charge in [0, 0.05) is 24.2 Å². The Morgan fingerprint density at radius 3 is 2.85 bits per heavy atom. The van der Waals surface area contributed by atoms with Crippen LogP contribution < -0.4 is 5.73 Å². The number of nitrogens with zero attached hydrogens (tertiary/aromatic N) is 2. The van der Waals surface area contributed by atoms with Gasteiger partial charge in [0.2, 0.25) is 0 Å². The van der Waals surface area contributed by atoms with Crippen LogP contribution >= 0.6 is 11.3 Å². The molecular weight excluding hydrogens is 270 g/mol. The summed E-state index contributed by atoms with van der Waals surface area (Å²) in [5.41, 5.74) is 9.35. The minimum Gasteiger partial charge on any atom is -0.397 e. The molecule has 0 atom stereocenters. The van der Waals surface area contributed by atoms with Crippen molar-refractivity contribution < 1.29 is 4.79 Å². The van der Waals surface area contributed by atoms with E-state index in [4.69, 9.17) is 10.7 Å². The molecule has 5 heteroatoms. The fourth-order valence-corrected chi connectivity index (χ4v) is 4.28. The third kappa shape index (κ3) is 1.73. The number of carbonyl (C=O) groups is 1. The first-order valence-electron chi connectivity index (χ1n) is 7.24. The number of anilines is 1. The Morgan fingerprint density at radius 2 is 2.05 bits per heavy atom. The Kier molecular flexibility index (Phi) is 2.70. The average Bonchev–Trinajstić information content (AvgIpc) is 3.16. The molecular formula is C15H17N3OS. The Hall–Kier alpha value is -1.62. The fourth-order valence-electron chi connectivity index (χ4n) is 3.22. The molecule has 2 aliphatic rings. The topological polar surface area (TPSA) is 59.2 Å². The zero-order valence-electron chi connectivity index (χ0n) is 11.3. The average molecular weight is 287 g/mol. The first-order chi connectivity index (χ1) is 9.74. The largest absolute Gasteiger partial charge is 0.397 e. The van der Waals surface area contributed by atoms with E-state index in [0.717, 1.165) is 49.0 Å². The van der Waals surface area contributed by atoms with Gasteiger partial charge in [-0.15, -0.1) is 11.3 Å². The summed E-state index contributed by atoms with van der Waals surface area (Å²) in [6.07, 6.45) is 5.52. The fraction of sp³-hybridized carbons (Fsp3) is 0.467. The van der Waals surface area contributed by atoms with Crippen molar-refractivity contribution in [1.29, 1.82) is 0 Å². The quantitative estimate of drug-likeness (QED) is 0.877. The molecule has 0 spiro atoms. The van der Waals surface area contributed by atoms with Gasteiger partial charge in [0.05, 0.1) is 5.69 Å². The van der Waals surface area contributed by atoms with Gasteiger partial charge in [-0.05, 0) is 43.7 Å². The van der Waals surface area contributed by atoms with Crippen LogP contribution in [-0.2, 0) is 12.8 Å². The molecule has 1 amide bonds. The number of hydrogen-bond acceptors (Lipinski definition) is 4. The van der Waals surface area contributed by atoms with Crippen LogP contribution in [0.3, 0.4) is 0 Å². The summed E-state index contributed by atoms with van der Waals surface area (Å²) in [4.78, 5) is 20.7. The van der Waals surface area contributed by atoms with Gasteiger partial charge >= 0.3 is 0 Å². The Morgan fingerprint density at radius 1 is 1.25 bits per heavy atom. The van der Waals surface area contributed by atoms with Gasteiger partial charge in [0.1, 0.15) is 9.71 Å². The lowest BCUT2D eigenvalue weighted by Gasteiger charge is -2.14. The third-order valence-electron chi connectivity index (χ3n) is 4.34. The highest BCUT2D eigenvalue weighted by Gasteiger charge is 2.25. The number of thiophene rings is 1. The summed E-state index contributed by atoms with van der Waals surface area (Å²) in [7, 11) is 0. The van der Waals surface area contributed by atoms with Gasteiger partial charge in [-0.3, -0.25) is 4.79 Å².